The Hall–Kier alpha value is -4.12. The summed E-state index contributed by atoms with van der Waals surface area (Å²) in [5, 5.41) is 18.9. The Balaban J connectivity index is 2.12. The maximum absolute atomic E-state index is 12.6. The van der Waals surface area contributed by atoms with Crippen LogP contribution in [0.25, 0.3) is 0 Å². The molecule has 0 aliphatic rings. The summed E-state index contributed by atoms with van der Waals surface area (Å²) in [7, 11) is 1.17. The van der Waals surface area contributed by atoms with Crippen LogP contribution < -0.4 is 20.6 Å². The third-order valence-corrected chi connectivity index (χ3v) is 3.95. The highest BCUT2D eigenvalue weighted by atomic mass is 16.6. The van der Waals surface area contributed by atoms with E-state index in [1.165, 1.54) is 43.4 Å². The number of carboxylic acids is 2. The summed E-state index contributed by atoms with van der Waals surface area (Å²) in [6, 6.07) is 12.0. The first-order chi connectivity index (χ1) is 14.7. The van der Waals surface area contributed by atoms with Crippen molar-refractivity contribution in [2.75, 3.05) is 13.7 Å². The number of ether oxygens (including phenoxy) is 2. The van der Waals surface area contributed by atoms with Crippen molar-refractivity contribution in [1.82, 2.24) is 10.4 Å². The number of hydrazine groups is 1. The number of carbonyl (C=O) groups excluding carboxylic acids is 2. The Kier molecular flexibility index (Phi) is 7.92. The molecule has 164 valence electrons. The zero-order valence-corrected chi connectivity index (χ0v) is 16.5. The van der Waals surface area contributed by atoms with Crippen molar-refractivity contribution in [2.45, 2.75) is 12.6 Å². The molecule has 0 radical (unpaired) electrons. The number of amides is 2. The van der Waals surface area contributed by atoms with Crippen molar-refractivity contribution in [1.29, 1.82) is 0 Å². The highest BCUT2D eigenvalue weighted by Crippen LogP contribution is 2.27. The zero-order chi connectivity index (χ0) is 23.0. The number of nitrogens with two attached hydrogens (primary N) is 1. The van der Waals surface area contributed by atoms with E-state index in [9.17, 15) is 24.3 Å². The van der Waals surface area contributed by atoms with Gasteiger partial charge in [-0.2, -0.15) is 0 Å². The van der Waals surface area contributed by atoms with Gasteiger partial charge in [0.15, 0.2) is 18.1 Å². The quantitative estimate of drug-likeness (QED) is 0.321. The minimum absolute atomic E-state index is 0.0596. The third kappa shape index (κ3) is 6.44. The number of hydrogen-bond acceptors (Lipinski definition) is 7. The first kappa shape index (κ1) is 23.2. The molecule has 2 aromatic carbocycles. The van der Waals surface area contributed by atoms with E-state index in [2.05, 4.69) is 5.43 Å². The second-order valence-electron chi connectivity index (χ2n) is 6.20. The predicted octanol–water partition coefficient (Wildman–Crippen LogP) is 0.244. The molecule has 11 heteroatoms. The van der Waals surface area contributed by atoms with Crippen molar-refractivity contribution in [2.24, 2.45) is 5.73 Å². The molecule has 2 aromatic rings. The van der Waals surface area contributed by atoms with Crippen molar-refractivity contribution < 1.29 is 38.9 Å². The Morgan fingerprint density at radius 1 is 1.03 bits per heavy atom. The number of nitrogens with zero attached hydrogens (tertiary/aromatic N) is 1. The van der Waals surface area contributed by atoms with E-state index in [4.69, 9.17) is 20.3 Å². The van der Waals surface area contributed by atoms with Gasteiger partial charge in [0, 0.05) is 19.2 Å². The molecule has 0 aromatic heterocycles. The lowest BCUT2D eigenvalue weighted by molar-refractivity contribution is -0.156. The number of likely N-dealkylation sites (N-methyl/N-ethyl adjacent to an activating group) is 1. The Bertz CT molecular complexity index is 961. The molecule has 0 saturated carbocycles. The van der Waals surface area contributed by atoms with Gasteiger partial charge < -0.3 is 25.4 Å². The molecule has 0 fully saturated rings. The van der Waals surface area contributed by atoms with Gasteiger partial charge in [-0.15, -0.1) is 0 Å². The van der Waals surface area contributed by atoms with Crippen molar-refractivity contribution in [3.63, 3.8) is 0 Å². The van der Waals surface area contributed by atoms with Crippen LogP contribution in [0.15, 0.2) is 48.5 Å². The van der Waals surface area contributed by atoms with Crippen molar-refractivity contribution >= 4 is 23.8 Å². The van der Waals surface area contributed by atoms with Crippen LogP contribution in [0.4, 0.5) is 0 Å². The molecular formula is C20H21N3O8. The van der Waals surface area contributed by atoms with Gasteiger partial charge in [-0.3, -0.25) is 20.0 Å². The molecule has 1 atom stereocenters. The van der Waals surface area contributed by atoms with E-state index in [1.807, 2.05) is 0 Å². The van der Waals surface area contributed by atoms with E-state index in [1.54, 1.807) is 12.1 Å². The molecule has 0 aliphatic heterocycles. The first-order valence-electron chi connectivity index (χ1n) is 8.93. The summed E-state index contributed by atoms with van der Waals surface area (Å²) in [5.41, 5.74) is 8.82. The maximum atomic E-state index is 12.6. The first-order valence-corrected chi connectivity index (χ1v) is 8.93. The second-order valence-corrected chi connectivity index (χ2v) is 6.20. The minimum Gasteiger partial charge on any atom is -0.479 e. The Morgan fingerprint density at radius 3 is 2.19 bits per heavy atom. The predicted molar refractivity (Wildman–Crippen MR) is 106 cm³/mol. The standard InChI is InChI=1S/C20H21N3O8/c1-23(22-18(26)13-8-6-12(10-21)7-9-13)19(27)17(20(28)29)31-15-5-3-2-4-14(15)30-11-16(24)25/h2-9,17H,10-11,21H2,1H3,(H,22,26)(H,24,25)(H,28,29). The summed E-state index contributed by atoms with van der Waals surface area (Å²) in [6.45, 7) is -0.388. The second kappa shape index (κ2) is 10.6. The van der Waals surface area contributed by atoms with E-state index in [0.717, 1.165) is 5.56 Å². The number of aliphatic carboxylic acids is 2. The number of benzene rings is 2. The molecule has 2 amide bonds. The number of hydrogen-bond donors (Lipinski definition) is 4. The molecular weight excluding hydrogens is 410 g/mol. The highest BCUT2D eigenvalue weighted by Gasteiger charge is 2.33. The number of rotatable bonds is 9. The molecule has 0 spiro atoms. The fraction of sp³-hybridized carbons (Fsp3) is 0.200. The van der Waals surface area contributed by atoms with Crippen LogP contribution in [-0.4, -0.2) is 58.7 Å². The SMILES string of the molecule is CN(NC(=O)c1ccc(CN)cc1)C(=O)C(Oc1ccccc1OCC(=O)O)C(=O)O. The summed E-state index contributed by atoms with van der Waals surface area (Å²) in [6.07, 6.45) is -2.03. The van der Waals surface area contributed by atoms with Gasteiger partial charge in [0.1, 0.15) is 0 Å². The molecule has 11 nitrogen and oxygen atoms in total. The lowest BCUT2D eigenvalue weighted by Gasteiger charge is -2.23. The largest absolute Gasteiger partial charge is 0.479 e. The highest BCUT2D eigenvalue weighted by molar-refractivity contribution is 6.02. The lowest BCUT2D eigenvalue weighted by Crippen LogP contribution is -2.51. The van der Waals surface area contributed by atoms with Gasteiger partial charge in [0.25, 0.3) is 17.9 Å². The normalized spacial score (nSPS) is 11.2. The van der Waals surface area contributed by atoms with E-state index >= 15 is 0 Å². The number of para-hydroxylation sites is 2. The smallest absolute Gasteiger partial charge is 0.355 e. The van der Waals surface area contributed by atoms with E-state index in [0.29, 0.717) is 11.6 Å². The Labute approximate surface area is 176 Å². The molecule has 0 bridgehead atoms. The monoisotopic (exact) mass is 431 g/mol. The molecule has 0 aliphatic carbocycles. The van der Waals surface area contributed by atoms with Gasteiger partial charge in [-0.05, 0) is 29.8 Å². The number of carboxylic acid groups (broad SMARTS) is 2. The summed E-state index contributed by atoms with van der Waals surface area (Å²) in [5.74, 6) is -4.80. The Morgan fingerprint density at radius 2 is 1.65 bits per heavy atom. The van der Waals surface area contributed by atoms with Crippen LogP contribution in [-0.2, 0) is 20.9 Å². The molecule has 5 N–H and O–H groups in total. The van der Waals surface area contributed by atoms with Crippen LogP contribution in [0, 0.1) is 0 Å². The van der Waals surface area contributed by atoms with Gasteiger partial charge in [-0.1, -0.05) is 24.3 Å². The lowest BCUT2D eigenvalue weighted by atomic mass is 10.1. The average Bonchev–Trinajstić information content (AvgIpc) is 2.75. The van der Waals surface area contributed by atoms with Crippen LogP contribution in [0.3, 0.4) is 0 Å². The minimum atomic E-state index is -2.03. The molecule has 2 rings (SSSR count). The fourth-order valence-electron chi connectivity index (χ4n) is 2.38. The summed E-state index contributed by atoms with van der Waals surface area (Å²) in [4.78, 5) is 47.2. The van der Waals surface area contributed by atoms with Crippen LogP contribution in [0.5, 0.6) is 11.5 Å². The summed E-state index contributed by atoms with van der Waals surface area (Å²) >= 11 is 0. The van der Waals surface area contributed by atoms with Gasteiger partial charge >= 0.3 is 11.9 Å². The van der Waals surface area contributed by atoms with Gasteiger partial charge in [0.05, 0.1) is 0 Å². The summed E-state index contributed by atoms with van der Waals surface area (Å²) < 4.78 is 10.3. The molecule has 31 heavy (non-hydrogen) atoms. The van der Waals surface area contributed by atoms with Crippen molar-refractivity contribution in [3.8, 4) is 11.5 Å². The number of carbonyl (C=O) groups is 4. The van der Waals surface area contributed by atoms with Gasteiger partial charge in [0.2, 0.25) is 0 Å². The van der Waals surface area contributed by atoms with Crippen LogP contribution in [0.1, 0.15) is 15.9 Å². The van der Waals surface area contributed by atoms with E-state index < -0.39 is 36.5 Å². The molecule has 0 heterocycles. The van der Waals surface area contributed by atoms with Crippen molar-refractivity contribution in [3.05, 3.63) is 59.7 Å². The topological polar surface area (TPSA) is 168 Å². The van der Waals surface area contributed by atoms with Crippen LogP contribution >= 0.6 is 0 Å². The zero-order valence-electron chi connectivity index (χ0n) is 16.5. The fourth-order valence-corrected chi connectivity index (χ4v) is 2.38. The van der Waals surface area contributed by atoms with Gasteiger partial charge in [-0.25, -0.2) is 9.59 Å². The molecule has 1 unspecified atom stereocenters. The maximum Gasteiger partial charge on any atom is 0.355 e. The number of nitrogens with one attached hydrogen (secondary N) is 1. The molecule has 0 saturated heterocycles. The van der Waals surface area contributed by atoms with E-state index in [-0.39, 0.29) is 17.1 Å². The average molecular weight is 431 g/mol. The van der Waals surface area contributed by atoms with Crippen LogP contribution in [0.2, 0.25) is 0 Å². The third-order valence-electron chi connectivity index (χ3n) is 3.95.